The summed E-state index contributed by atoms with van der Waals surface area (Å²) in [7, 11) is 0. The first kappa shape index (κ1) is 15.3. The number of ether oxygens (including phenoxy) is 1. The molecular weight excluding hydrogens is 328 g/mol. The molecule has 2 aliphatic rings. The topological polar surface area (TPSA) is 90.5 Å². The van der Waals surface area contributed by atoms with E-state index in [9.17, 15) is 9.59 Å². The first-order chi connectivity index (χ1) is 11.6. The summed E-state index contributed by atoms with van der Waals surface area (Å²) < 4.78 is 7.47. The van der Waals surface area contributed by atoms with Gasteiger partial charge in [-0.1, -0.05) is 0 Å². The Labute approximate surface area is 143 Å². The maximum Gasteiger partial charge on any atom is 0.266 e. The first-order valence-corrected chi connectivity index (χ1v) is 8.80. The molecule has 0 aliphatic carbocycles. The third kappa shape index (κ3) is 2.61. The molecule has 0 spiro atoms. The average Bonchev–Trinajstić information content (AvgIpc) is 3.31. The molecule has 7 nitrogen and oxygen atoms in total. The Bertz CT molecular complexity index is 791. The second kappa shape index (κ2) is 6.03. The number of hydrogen-bond acceptors (Lipinski definition) is 5. The molecule has 4 rings (SSSR count). The fourth-order valence-electron chi connectivity index (χ4n) is 3.23. The summed E-state index contributed by atoms with van der Waals surface area (Å²) in [6, 6.07) is 3.86. The lowest BCUT2D eigenvalue weighted by molar-refractivity contribution is 0.0711. The lowest BCUT2D eigenvalue weighted by atomic mass is 10.2. The minimum absolute atomic E-state index is 0.000813. The summed E-state index contributed by atoms with van der Waals surface area (Å²) in [5.41, 5.74) is 5.74. The highest BCUT2D eigenvalue weighted by Gasteiger charge is 2.27. The zero-order chi connectivity index (χ0) is 16.7. The van der Waals surface area contributed by atoms with Crippen LogP contribution < -0.4 is 5.73 Å². The van der Waals surface area contributed by atoms with Gasteiger partial charge in [0.05, 0.1) is 23.7 Å². The van der Waals surface area contributed by atoms with Gasteiger partial charge in [-0.25, -0.2) is 4.98 Å². The summed E-state index contributed by atoms with van der Waals surface area (Å²) in [5.74, 6) is 0.200. The third-order valence-electron chi connectivity index (χ3n) is 4.49. The average molecular weight is 346 g/mol. The number of nitrogens with two attached hydrogens (primary N) is 1. The molecule has 0 bridgehead atoms. The van der Waals surface area contributed by atoms with Gasteiger partial charge >= 0.3 is 0 Å². The number of carbonyl (C=O) groups is 2. The van der Waals surface area contributed by atoms with E-state index in [1.54, 1.807) is 9.47 Å². The number of thiophene rings is 1. The number of carbonyl (C=O) groups excluding carboxylic acids is 2. The van der Waals surface area contributed by atoms with Gasteiger partial charge < -0.3 is 19.9 Å². The fraction of sp³-hybridized carbons (Fsp3) is 0.438. The number of nitrogens with zero attached hydrogens (tertiary/aromatic N) is 3. The van der Waals surface area contributed by atoms with Gasteiger partial charge in [0, 0.05) is 24.6 Å². The van der Waals surface area contributed by atoms with Crippen LogP contribution in [0.25, 0.3) is 0 Å². The number of hydrogen-bond donors (Lipinski definition) is 1. The predicted octanol–water partition coefficient (Wildman–Crippen LogP) is 1.55. The highest BCUT2D eigenvalue weighted by Crippen LogP contribution is 2.34. The first-order valence-electron chi connectivity index (χ1n) is 7.98. The van der Waals surface area contributed by atoms with E-state index in [4.69, 9.17) is 10.5 Å². The zero-order valence-corrected chi connectivity index (χ0v) is 13.9. The normalized spacial score (nSPS) is 20.2. The number of imidazole rings is 1. The van der Waals surface area contributed by atoms with Gasteiger partial charge in [-0.15, -0.1) is 11.3 Å². The van der Waals surface area contributed by atoms with Crippen LogP contribution in [0.3, 0.4) is 0 Å². The van der Waals surface area contributed by atoms with Gasteiger partial charge in [0.1, 0.15) is 11.5 Å². The van der Waals surface area contributed by atoms with Gasteiger partial charge in [-0.05, 0) is 25.0 Å². The summed E-state index contributed by atoms with van der Waals surface area (Å²) in [4.78, 5) is 31.9. The molecule has 2 aromatic heterocycles. The molecule has 0 radical (unpaired) electrons. The van der Waals surface area contributed by atoms with Gasteiger partial charge in [0.15, 0.2) is 0 Å². The summed E-state index contributed by atoms with van der Waals surface area (Å²) >= 11 is 1.51. The smallest absolute Gasteiger partial charge is 0.266 e. The number of rotatable bonds is 3. The van der Waals surface area contributed by atoms with E-state index >= 15 is 0 Å². The number of aromatic nitrogens is 2. The van der Waals surface area contributed by atoms with E-state index in [1.165, 1.54) is 17.5 Å². The number of fused-ring (bicyclic) bond motifs is 1. The van der Waals surface area contributed by atoms with Gasteiger partial charge in [-0.3, -0.25) is 9.59 Å². The van der Waals surface area contributed by atoms with Crippen molar-refractivity contribution in [2.75, 3.05) is 13.2 Å². The number of amides is 2. The molecule has 1 saturated heterocycles. The Morgan fingerprint density at radius 2 is 2.21 bits per heavy atom. The van der Waals surface area contributed by atoms with Crippen molar-refractivity contribution in [1.29, 1.82) is 0 Å². The van der Waals surface area contributed by atoms with E-state index in [2.05, 4.69) is 4.98 Å². The molecule has 24 heavy (non-hydrogen) atoms. The maximum absolute atomic E-state index is 12.7. The Hall–Kier alpha value is -2.19. The molecule has 4 heterocycles. The van der Waals surface area contributed by atoms with Crippen LogP contribution >= 0.6 is 11.3 Å². The molecule has 0 saturated carbocycles. The summed E-state index contributed by atoms with van der Waals surface area (Å²) in [6.07, 6.45) is 3.70. The minimum Gasteiger partial charge on any atom is -0.373 e. The van der Waals surface area contributed by atoms with E-state index in [1.807, 2.05) is 12.1 Å². The van der Waals surface area contributed by atoms with Crippen molar-refractivity contribution in [3.05, 3.63) is 39.6 Å². The van der Waals surface area contributed by atoms with Crippen molar-refractivity contribution in [2.45, 2.75) is 32.0 Å². The largest absolute Gasteiger partial charge is 0.373 e. The van der Waals surface area contributed by atoms with E-state index in [0.29, 0.717) is 31.2 Å². The van der Waals surface area contributed by atoms with Crippen molar-refractivity contribution in [3.63, 3.8) is 0 Å². The Morgan fingerprint density at radius 3 is 2.96 bits per heavy atom. The standard InChI is InChI=1S/C16H18N4O3S/c17-15(21)10-8-18-14-9-19(5-6-20(10)14)16(22)13-4-3-12(24-13)11-2-1-7-23-11/h3-4,8,11H,1-2,5-7,9H2,(H2,17,21)/t11-/m1/s1. The lowest BCUT2D eigenvalue weighted by Gasteiger charge is -2.28. The molecule has 2 amide bonds. The molecular formula is C16H18N4O3S. The predicted molar refractivity (Wildman–Crippen MR) is 87.7 cm³/mol. The number of primary amides is 1. The van der Waals surface area contributed by atoms with Crippen LogP contribution in [-0.4, -0.2) is 39.4 Å². The monoisotopic (exact) mass is 346 g/mol. The SMILES string of the molecule is NC(=O)c1cnc2n1CCN(C(=O)c1ccc([C@H]3CCCO3)s1)C2. The van der Waals surface area contributed by atoms with Crippen LogP contribution in [0.4, 0.5) is 0 Å². The molecule has 0 unspecified atom stereocenters. The highest BCUT2D eigenvalue weighted by atomic mass is 32.1. The van der Waals surface area contributed by atoms with Crippen molar-refractivity contribution in [2.24, 2.45) is 5.73 Å². The minimum atomic E-state index is -0.493. The van der Waals surface area contributed by atoms with Crippen LogP contribution in [0.2, 0.25) is 0 Å². The molecule has 1 fully saturated rings. The highest BCUT2D eigenvalue weighted by molar-refractivity contribution is 7.14. The Morgan fingerprint density at radius 1 is 1.33 bits per heavy atom. The van der Waals surface area contributed by atoms with Gasteiger partial charge in [0.2, 0.25) is 0 Å². The quantitative estimate of drug-likeness (QED) is 0.913. The molecule has 1 atom stereocenters. The van der Waals surface area contributed by atoms with Gasteiger partial charge in [0.25, 0.3) is 11.8 Å². The molecule has 0 aromatic carbocycles. The van der Waals surface area contributed by atoms with Crippen molar-refractivity contribution in [3.8, 4) is 0 Å². The Kier molecular flexibility index (Phi) is 3.85. The van der Waals surface area contributed by atoms with Crippen molar-refractivity contribution in [1.82, 2.24) is 14.5 Å². The fourth-order valence-corrected chi connectivity index (χ4v) is 4.29. The maximum atomic E-state index is 12.7. The zero-order valence-electron chi connectivity index (χ0n) is 13.1. The van der Waals surface area contributed by atoms with E-state index < -0.39 is 5.91 Å². The summed E-state index contributed by atoms with van der Waals surface area (Å²) in [6.45, 7) is 2.25. The molecule has 2 N–H and O–H groups in total. The van der Waals surface area contributed by atoms with Crippen molar-refractivity contribution >= 4 is 23.2 Å². The molecule has 126 valence electrons. The van der Waals surface area contributed by atoms with Crippen molar-refractivity contribution < 1.29 is 14.3 Å². The van der Waals surface area contributed by atoms with Crippen LogP contribution in [0.5, 0.6) is 0 Å². The van der Waals surface area contributed by atoms with E-state index in [-0.39, 0.29) is 12.0 Å². The van der Waals surface area contributed by atoms with Crippen LogP contribution in [-0.2, 0) is 17.8 Å². The summed E-state index contributed by atoms with van der Waals surface area (Å²) in [5, 5.41) is 0. The second-order valence-electron chi connectivity index (χ2n) is 6.01. The third-order valence-corrected chi connectivity index (χ3v) is 5.65. The molecule has 2 aliphatic heterocycles. The van der Waals surface area contributed by atoms with Crippen LogP contribution in [0.1, 0.15) is 49.8 Å². The second-order valence-corrected chi connectivity index (χ2v) is 7.12. The van der Waals surface area contributed by atoms with Gasteiger partial charge in [-0.2, -0.15) is 0 Å². The van der Waals surface area contributed by atoms with Crippen LogP contribution in [0, 0.1) is 0 Å². The molecule has 2 aromatic rings. The molecule has 8 heteroatoms. The Balaban J connectivity index is 1.50. The van der Waals surface area contributed by atoms with E-state index in [0.717, 1.165) is 29.2 Å². The van der Waals surface area contributed by atoms with Crippen LogP contribution in [0.15, 0.2) is 18.3 Å². The lowest BCUT2D eigenvalue weighted by Crippen LogP contribution is -2.39.